The van der Waals surface area contributed by atoms with Gasteiger partial charge in [0.05, 0.1) is 0 Å². The molecule has 1 atom stereocenters. The lowest BCUT2D eigenvalue weighted by Gasteiger charge is -2.34. The van der Waals surface area contributed by atoms with Crippen LogP contribution in [-0.2, 0) is 0 Å². The first-order valence-electron chi connectivity index (χ1n) is 4.28. The van der Waals surface area contributed by atoms with Crippen molar-refractivity contribution in [2.75, 3.05) is 0 Å². The molecule has 0 aromatic rings. The van der Waals surface area contributed by atoms with Gasteiger partial charge in [-0.3, -0.25) is 0 Å². The van der Waals surface area contributed by atoms with E-state index in [-0.39, 0.29) is 12.3 Å². The Balaban J connectivity index is 2.84. The molecule has 0 heterocycles. The number of halogens is 2. The van der Waals surface area contributed by atoms with E-state index in [2.05, 4.69) is 0 Å². The predicted octanol–water partition coefficient (Wildman–Crippen LogP) is 3.47. The summed E-state index contributed by atoms with van der Waals surface area (Å²) in [6.45, 7) is 5.49. The lowest BCUT2D eigenvalue weighted by molar-refractivity contribution is -0.111. The van der Waals surface area contributed by atoms with Gasteiger partial charge >= 0.3 is 0 Å². The first kappa shape index (κ1) is 8.95. The Kier molecular flexibility index (Phi) is 1.97. The first-order chi connectivity index (χ1) is 4.90. The molecule has 1 aliphatic rings. The van der Waals surface area contributed by atoms with Gasteiger partial charge in [0.1, 0.15) is 0 Å². The molecule has 1 fully saturated rings. The molecule has 0 N–H and O–H groups in total. The second-order valence-corrected chi connectivity index (χ2v) is 4.13. The van der Waals surface area contributed by atoms with E-state index >= 15 is 0 Å². The molecule has 0 amide bonds. The van der Waals surface area contributed by atoms with Crippen molar-refractivity contribution < 1.29 is 8.78 Å². The van der Waals surface area contributed by atoms with E-state index in [0.29, 0.717) is 12.8 Å². The van der Waals surface area contributed by atoms with Crippen molar-refractivity contribution in [3.63, 3.8) is 0 Å². The van der Waals surface area contributed by atoms with E-state index in [9.17, 15) is 8.78 Å². The van der Waals surface area contributed by atoms with E-state index in [1.165, 1.54) is 0 Å². The van der Waals surface area contributed by atoms with Crippen LogP contribution in [0.5, 0.6) is 0 Å². The third kappa shape index (κ3) is 1.17. The standard InChI is InChI=1S/C9H16F2/c1-7(2)8(3)5-4-6-9(8,10)11/h7H,4-6H2,1-3H3/t8-/m1/s1. The fourth-order valence-electron chi connectivity index (χ4n) is 1.86. The molecule has 0 saturated heterocycles. The molecule has 0 aromatic heterocycles. The summed E-state index contributed by atoms with van der Waals surface area (Å²) < 4.78 is 26.5. The second-order valence-electron chi connectivity index (χ2n) is 4.13. The van der Waals surface area contributed by atoms with Gasteiger partial charge in [0, 0.05) is 11.8 Å². The third-order valence-electron chi connectivity index (χ3n) is 3.30. The zero-order chi connectivity index (χ0) is 8.70. The molecule has 0 radical (unpaired) electrons. The number of hydrogen-bond acceptors (Lipinski definition) is 0. The minimum atomic E-state index is -2.43. The van der Waals surface area contributed by atoms with Gasteiger partial charge in [-0.1, -0.05) is 20.8 Å². The van der Waals surface area contributed by atoms with Crippen LogP contribution in [0.1, 0.15) is 40.0 Å². The molecule has 1 saturated carbocycles. The summed E-state index contributed by atoms with van der Waals surface area (Å²) in [4.78, 5) is 0. The van der Waals surface area contributed by atoms with Crippen LogP contribution < -0.4 is 0 Å². The van der Waals surface area contributed by atoms with Crippen molar-refractivity contribution in [3.8, 4) is 0 Å². The predicted molar refractivity (Wildman–Crippen MR) is 41.7 cm³/mol. The molecule has 0 aliphatic heterocycles. The Labute approximate surface area is 67.0 Å². The van der Waals surface area contributed by atoms with Gasteiger partial charge in [-0.15, -0.1) is 0 Å². The van der Waals surface area contributed by atoms with Crippen molar-refractivity contribution in [1.29, 1.82) is 0 Å². The Hall–Kier alpha value is -0.140. The summed E-state index contributed by atoms with van der Waals surface area (Å²) in [6, 6.07) is 0. The van der Waals surface area contributed by atoms with E-state index in [1.54, 1.807) is 6.92 Å². The Morgan fingerprint density at radius 2 is 1.73 bits per heavy atom. The van der Waals surface area contributed by atoms with Crippen LogP contribution in [0, 0.1) is 11.3 Å². The number of rotatable bonds is 1. The molecule has 1 rings (SSSR count). The van der Waals surface area contributed by atoms with Crippen molar-refractivity contribution in [1.82, 2.24) is 0 Å². The van der Waals surface area contributed by atoms with Crippen LogP contribution in [0.4, 0.5) is 8.78 Å². The normalized spacial score (nSPS) is 36.5. The Bertz CT molecular complexity index is 152. The summed E-state index contributed by atoms with van der Waals surface area (Å²) in [5.74, 6) is -2.35. The van der Waals surface area contributed by atoms with Crippen molar-refractivity contribution in [2.24, 2.45) is 11.3 Å². The summed E-state index contributed by atoms with van der Waals surface area (Å²) in [6.07, 6.45) is 1.45. The quantitative estimate of drug-likeness (QED) is 0.553. The van der Waals surface area contributed by atoms with E-state index in [1.807, 2.05) is 13.8 Å². The van der Waals surface area contributed by atoms with Gasteiger partial charge in [-0.2, -0.15) is 0 Å². The molecule has 0 aromatic carbocycles. The van der Waals surface area contributed by atoms with Crippen molar-refractivity contribution >= 4 is 0 Å². The summed E-state index contributed by atoms with van der Waals surface area (Å²) >= 11 is 0. The lowest BCUT2D eigenvalue weighted by atomic mass is 9.75. The zero-order valence-electron chi connectivity index (χ0n) is 7.45. The summed E-state index contributed by atoms with van der Waals surface area (Å²) in [7, 11) is 0. The van der Waals surface area contributed by atoms with Gasteiger partial charge < -0.3 is 0 Å². The maximum Gasteiger partial charge on any atom is 0.253 e. The highest BCUT2D eigenvalue weighted by molar-refractivity contribution is 4.96. The summed E-state index contributed by atoms with van der Waals surface area (Å²) in [5, 5.41) is 0. The summed E-state index contributed by atoms with van der Waals surface area (Å²) in [5.41, 5.74) is -0.743. The molecule has 1 aliphatic carbocycles. The zero-order valence-corrected chi connectivity index (χ0v) is 7.45. The first-order valence-corrected chi connectivity index (χ1v) is 4.28. The molecule has 0 nitrogen and oxygen atoms in total. The van der Waals surface area contributed by atoms with Crippen molar-refractivity contribution in [3.05, 3.63) is 0 Å². The molecule has 0 unspecified atom stereocenters. The highest BCUT2D eigenvalue weighted by Crippen LogP contribution is 2.54. The second kappa shape index (κ2) is 2.43. The van der Waals surface area contributed by atoms with Gasteiger partial charge in [-0.05, 0) is 18.8 Å². The SMILES string of the molecule is CC(C)[C@@]1(C)CCCC1(F)F. The van der Waals surface area contributed by atoms with Crippen LogP contribution in [0.15, 0.2) is 0 Å². The maximum absolute atomic E-state index is 13.2. The molecule has 0 spiro atoms. The highest BCUT2D eigenvalue weighted by atomic mass is 19.3. The largest absolute Gasteiger partial charge is 0.253 e. The van der Waals surface area contributed by atoms with Crippen LogP contribution in [-0.4, -0.2) is 5.92 Å². The average Bonchev–Trinajstić information content (AvgIpc) is 2.09. The number of hydrogen-bond donors (Lipinski definition) is 0. The van der Waals surface area contributed by atoms with Crippen LogP contribution >= 0.6 is 0 Å². The van der Waals surface area contributed by atoms with Gasteiger partial charge in [0.25, 0.3) is 5.92 Å². The van der Waals surface area contributed by atoms with Gasteiger partial charge in [-0.25, -0.2) is 8.78 Å². The van der Waals surface area contributed by atoms with Gasteiger partial charge in [0.15, 0.2) is 0 Å². The van der Waals surface area contributed by atoms with Crippen LogP contribution in [0.3, 0.4) is 0 Å². The Morgan fingerprint density at radius 3 is 1.91 bits per heavy atom. The maximum atomic E-state index is 13.2. The highest BCUT2D eigenvalue weighted by Gasteiger charge is 2.54. The smallest absolute Gasteiger partial charge is 0.206 e. The topological polar surface area (TPSA) is 0 Å². The lowest BCUT2D eigenvalue weighted by Crippen LogP contribution is -2.37. The van der Waals surface area contributed by atoms with Crippen LogP contribution in [0.2, 0.25) is 0 Å². The molecule has 2 heteroatoms. The Morgan fingerprint density at radius 1 is 1.18 bits per heavy atom. The van der Waals surface area contributed by atoms with E-state index in [4.69, 9.17) is 0 Å². The van der Waals surface area contributed by atoms with E-state index < -0.39 is 11.3 Å². The van der Waals surface area contributed by atoms with Crippen molar-refractivity contribution in [2.45, 2.75) is 46.0 Å². The molecular weight excluding hydrogens is 146 g/mol. The van der Waals surface area contributed by atoms with E-state index in [0.717, 1.165) is 0 Å². The molecule has 0 bridgehead atoms. The van der Waals surface area contributed by atoms with Crippen LogP contribution in [0.25, 0.3) is 0 Å². The fraction of sp³-hybridized carbons (Fsp3) is 1.00. The number of alkyl halides is 2. The monoisotopic (exact) mass is 162 g/mol. The molecule has 11 heavy (non-hydrogen) atoms. The minimum Gasteiger partial charge on any atom is -0.206 e. The van der Waals surface area contributed by atoms with Gasteiger partial charge in [0.2, 0.25) is 0 Å². The molecule has 66 valence electrons. The average molecular weight is 162 g/mol. The molecular formula is C9H16F2. The fourth-order valence-corrected chi connectivity index (χ4v) is 1.86. The minimum absolute atomic E-state index is 0.0833. The third-order valence-corrected chi connectivity index (χ3v) is 3.30.